The molecule has 0 saturated carbocycles. The van der Waals surface area contributed by atoms with Gasteiger partial charge in [-0.2, -0.15) is 0 Å². The van der Waals surface area contributed by atoms with Crippen molar-refractivity contribution in [3.63, 3.8) is 0 Å². The predicted octanol–water partition coefficient (Wildman–Crippen LogP) is 3.52. The van der Waals surface area contributed by atoms with Crippen LogP contribution in [0.25, 0.3) is 10.9 Å². The molecule has 0 radical (unpaired) electrons. The zero-order valence-corrected chi connectivity index (χ0v) is 12.1. The fraction of sp³-hybridized carbons (Fsp3) is 0.214. The van der Waals surface area contributed by atoms with Crippen LogP contribution in [-0.4, -0.2) is 16.6 Å². The van der Waals surface area contributed by atoms with Gasteiger partial charge < -0.3 is 9.88 Å². The van der Waals surface area contributed by atoms with Gasteiger partial charge in [-0.05, 0) is 24.7 Å². The minimum Gasteiger partial charge on any atom is -0.341 e. The number of hydrogen-bond donors (Lipinski definition) is 1. The van der Waals surface area contributed by atoms with Gasteiger partial charge in [-0.15, -0.1) is 11.3 Å². The summed E-state index contributed by atoms with van der Waals surface area (Å²) < 4.78 is 2.21. The van der Waals surface area contributed by atoms with Gasteiger partial charge in [0.05, 0.1) is 23.3 Å². The van der Waals surface area contributed by atoms with E-state index in [-0.39, 0.29) is 0 Å². The monoisotopic (exact) mass is 291 g/mol. The Bertz CT molecular complexity index is 688. The van der Waals surface area contributed by atoms with Crippen LogP contribution in [0.2, 0.25) is 5.02 Å². The highest BCUT2D eigenvalue weighted by Crippen LogP contribution is 2.25. The van der Waals surface area contributed by atoms with E-state index in [1.165, 1.54) is 10.9 Å². The van der Waals surface area contributed by atoms with Gasteiger partial charge in [-0.25, -0.2) is 4.98 Å². The normalized spacial score (nSPS) is 11.3. The number of fused-ring (bicyclic) bond motifs is 1. The lowest BCUT2D eigenvalue weighted by atomic mass is 10.2. The Labute approximate surface area is 120 Å². The number of halogens is 1. The van der Waals surface area contributed by atoms with Crippen molar-refractivity contribution in [2.75, 3.05) is 7.05 Å². The molecule has 2 heterocycles. The van der Waals surface area contributed by atoms with Crippen molar-refractivity contribution >= 4 is 33.8 Å². The molecule has 0 unspecified atom stereocenters. The molecule has 3 aromatic rings. The maximum atomic E-state index is 6.12. The first-order chi connectivity index (χ1) is 9.28. The van der Waals surface area contributed by atoms with Gasteiger partial charge in [0.2, 0.25) is 0 Å². The van der Waals surface area contributed by atoms with Crippen molar-refractivity contribution < 1.29 is 0 Å². The number of rotatable bonds is 4. The van der Waals surface area contributed by atoms with Gasteiger partial charge in [-0.1, -0.05) is 17.7 Å². The Balaban J connectivity index is 2.09. The quantitative estimate of drug-likeness (QED) is 0.797. The summed E-state index contributed by atoms with van der Waals surface area (Å²) >= 11 is 7.74. The second kappa shape index (κ2) is 5.33. The smallest absolute Gasteiger partial charge is 0.0795 e. The van der Waals surface area contributed by atoms with E-state index in [0.717, 1.165) is 29.3 Å². The summed E-state index contributed by atoms with van der Waals surface area (Å²) in [4.78, 5) is 4.35. The highest BCUT2D eigenvalue weighted by atomic mass is 35.5. The van der Waals surface area contributed by atoms with Crippen LogP contribution in [0.5, 0.6) is 0 Å². The standard InChI is InChI=1S/C14H14ClN3S/c1-16-5-10-6-18(7-12-8-19-9-17-12)14-4-11(15)2-3-13(10)14/h2-4,6,8-9,16H,5,7H2,1H3. The van der Waals surface area contributed by atoms with E-state index in [0.29, 0.717) is 0 Å². The van der Waals surface area contributed by atoms with E-state index in [4.69, 9.17) is 11.6 Å². The molecule has 3 nitrogen and oxygen atoms in total. The largest absolute Gasteiger partial charge is 0.341 e. The molecule has 5 heteroatoms. The number of thiazole rings is 1. The molecule has 0 spiro atoms. The summed E-state index contributed by atoms with van der Waals surface area (Å²) in [7, 11) is 1.96. The van der Waals surface area contributed by atoms with E-state index >= 15 is 0 Å². The van der Waals surface area contributed by atoms with Crippen LogP contribution < -0.4 is 5.32 Å². The van der Waals surface area contributed by atoms with Crippen molar-refractivity contribution in [1.29, 1.82) is 0 Å². The lowest BCUT2D eigenvalue weighted by molar-refractivity contribution is 0.786. The molecule has 0 fully saturated rings. The fourth-order valence-electron chi connectivity index (χ4n) is 2.29. The molecule has 0 atom stereocenters. The molecular weight excluding hydrogens is 278 g/mol. The summed E-state index contributed by atoms with van der Waals surface area (Å²) in [6.45, 7) is 1.63. The lowest BCUT2D eigenvalue weighted by Crippen LogP contribution is -2.04. The molecule has 0 bridgehead atoms. The Hall–Kier alpha value is -1.36. The maximum absolute atomic E-state index is 6.12. The van der Waals surface area contributed by atoms with Gasteiger partial charge >= 0.3 is 0 Å². The SMILES string of the molecule is CNCc1cn(Cc2cscn2)c2cc(Cl)ccc12. The zero-order valence-electron chi connectivity index (χ0n) is 10.6. The first kappa shape index (κ1) is 12.7. The molecule has 1 aromatic carbocycles. The molecule has 0 aliphatic carbocycles. The zero-order chi connectivity index (χ0) is 13.2. The molecule has 0 aliphatic rings. The third kappa shape index (κ3) is 2.52. The predicted molar refractivity (Wildman–Crippen MR) is 80.9 cm³/mol. The van der Waals surface area contributed by atoms with E-state index in [2.05, 4.69) is 32.5 Å². The summed E-state index contributed by atoms with van der Waals surface area (Å²) in [5.41, 5.74) is 5.38. The van der Waals surface area contributed by atoms with Crippen LogP contribution in [0.1, 0.15) is 11.3 Å². The Morgan fingerprint density at radius 1 is 1.42 bits per heavy atom. The topological polar surface area (TPSA) is 29.9 Å². The van der Waals surface area contributed by atoms with Gasteiger partial charge in [0, 0.05) is 28.5 Å². The minimum absolute atomic E-state index is 0.765. The van der Waals surface area contributed by atoms with Crippen LogP contribution in [0.15, 0.2) is 35.3 Å². The highest BCUT2D eigenvalue weighted by Gasteiger charge is 2.09. The van der Waals surface area contributed by atoms with Crippen LogP contribution in [-0.2, 0) is 13.1 Å². The second-order valence-corrected chi connectivity index (χ2v) is 5.61. The molecule has 19 heavy (non-hydrogen) atoms. The number of nitrogens with zero attached hydrogens (tertiary/aromatic N) is 2. The number of benzene rings is 1. The molecule has 1 N–H and O–H groups in total. The summed E-state index contributed by atoms with van der Waals surface area (Å²) in [5.74, 6) is 0. The summed E-state index contributed by atoms with van der Waals surface area (Å²) in [6, 6.07) is 6.04. The minimum atomic E-state index is 0.765. The average Bonchev–Trinajstić information content (AvgIpc) is 3.00. The molecule has 98 valence electrons. The molecule has 0 saturated heterocycles. The summed E-state index contributed by atoms with van der Waals surface area (Å²) in [6.07, 6.45) is 2.18. The van der Waals surface area contributed by atoms with Crippen molar-refractivity contribution in [3.05, 3.63) is 51.6 Å². The van der Waals surface area contributed by atoms with Gasteiger partial charge in [0.1, 0.15) is 0 Å². The van der Waals surface area contributed by atoms with E-state index in [1.807, 2.05) is 24.7 Å². The molecule has 2 aromatic heterocycles. The number of hydrogen-bond acceptors (Lipinski definition) is 3. The van der Waals surface area contributed by atoms with Crippen LogP contribution >= 0.6 is 22.9 Å². The van der Waals surface area contributed by atoms with E-state index in [9.17, 15) is 0 Å². The fourth-order valence-corrected chi connectivity index (χ4v) is 3.01. The Kier molecular flexibility index (Phi) is 3.55. The Morgan fingerprint density at radius 3 is 3.05 bits per heavy atom. The van der Waals surface area contributed by atoms with Crippen LogP contribution in [0.4, 0.5) is 0 Å². The highest BCUT2D eigenvalue weighted by molar-refractivity contribution is 7.07. The van der Waals surface area contributed by atoms with Gasteiger partial charge in [0.25, 0.3) is 0 Å². The first-order valence-corrected chi connectivity index (χ1v) is 7.39. The molecule has 0 aliphatic heterocycles. The third-order valence-electron chi connectivity index (χ3n) is 3.11. The van der Waals surface area contributed by atoms with Gasteiger partial charge in [0.15, 0.2) is 0 Å². The first-order valence-electron chi connectivity index (χ1n) is 6.07. The van der Waals surface area contributed by atoms with Crippen LogP contribution in [0, 0.1) is 0 Å². The van der Waals surface area contributed by atoms with E-state index < -0.39 is 0 Å². The van der Waals surface area contributed by atoms with E-state index in [1.54, 1.807) is 11.3 Å². The van der Waals surface area contributed by atoms with Crippen molar-refractivity contribution in [2.24, 2.45) is 0 Å². The molecule has 0 amide bonds. The van der Waals surface area contributed by atoms with Crippen molar-refractivity contribution in [2.45, 2.75) is 13.1 Å². The molecular formula is C14H14ClN3S. The second-order valence-electron chi connectivity index (χ2n) is 4.45. The molecule has 3 rings (SSSR count). The van der Waals surface area contributed by atoms with Gasteiger partial charge in [-0.3, -0.25) is 0 Å². The number of aromatic nitrogens is 2. The van der Waals surface area contributed by atoms with Crippen molar-refractivity contribution in [1.82, 2.24) is 14.9 Å². The third-order valence-corrected chi connectivity index (χ3v) is 3.98. The maximum Gasteiger partial charge on any atom is 0.0795 e. The average molecular weight is 292 g/mol. The summed E-state index contributed by atoms with van der Waals surface area (Å²) in [5, 5.41) is 7.29. The Morgan fingerprint density at radius 2 is 2.32 bits per heavy atom. The lowest BCUT2D eigenvalue weighted by Gasteiger charge is -2.02. The van der Waals surface area contributed by atoms with Crippen LogP contribution in [0.3, 0.4) is 0 Å². The number of nitrogens with one attached hydrogen (secondary N) is 1. The van der Waals surface area contributed by atoms with Crippen molar-refractivity contribution in [3.8, 4) is 0 Å².